The van der Waals surface area contributed by atoms with E-state index in [0.29, 0.717) is 25.1 Å². The first-order valence-electron chi connectivity index (χ1n) is 10.3. The van der Waals surface area contributed by atoms with Gasteiger partial charge in [0.2, 0.25) is 6.79 Å². The number of hydrogen-bond donors (Lipinski definition) is 1. The molecule has 2 aliphatic rings. The van der Waals surface area contributed by atoms with Crippen LogP contribution in [0.1, 0.15) is 26.3 Å². The highest BCUT2D eigenvalue weighted by atomic mass is 127. The smallest absolute Gasteiger partial charge is 0.231 e. The normalized spacial score (nSPS) is 20.6. The van der Waals surface area contributed by atoms with Gasteiger partial charge >= 0.3 is 0 Å². The van der Waals surface area contributed by atoms with E-state index in [2.05, 4.69) is 33.6 Å². The van der Waals surface area contributed by atoms with Gasteiger partial charge in [0.15, 0.2) is 17.5 Å². The molecule has 2 atom stereocenters. The molecular weight excluding hydrogens is 497 g/mol. The van der Waals surface area contributed by atoms with Crippen LogP contribution in [0.2, 0.25) is 0 Å². The summed E-state index contributed by atoms with van der Waals surface area (Å²) in [5.74, 6) is 3.81. The van der Waals surface area contributed by atoms with Gasteiger partial charge in [0.1, 0.15) is 12.4 Å². The van der Waals surface area contributed by atoms with Gasteiger partial charge in [-0.25, -0.2) is 9.98 Å². The summed E-state index contributed by atoms with van der Waals surface area (Å²) in [6.45, 7) is 8.52. The number of piperidine rings is 1. The van der Waals surface area contributed by atoms with Gasteiger partial charge < -0.3 is 29.0 Å². The molecule has 0 spiro atoms. The predicted octanol–water partition coefficient (Wildman–Crippen LogP) is 3.16. The first kappa shape index (κ1) is 22.5. The number of nitrogens with zero attached hydrogens (tertiary/aromatic N) is 4. The highest BCUT2D eigenvalue weighted by Gasteiger charge is 2.28. The lowest BCUT2D eigenvalue weighted by Gasteiger charge is -2.39. The number of guanidine groups is 1. The maximum absolute atomic E-state index is 5.84. The number of aliphatic imine (C=N–C) groups is 1. The van der Waals surface area contributed by atoms with Crippen molar-refractivity contribution in [3.8, 4) is 17.2 Å². The number of hydrogen-bond acceptors (Lipinski definition) is 5. The van der Waals surface area contributed by atoms with Crippen LogP contribution in [0.3, 0.4) is 0 Å². The molecule has 9 heteroatoms. The second-order valence-corrected chi connectivity index (χ2v) is 7.39. The molecule has 1 saturated heterocycles. The molecule has 1 fully saturated rings. The fourth-order valence-corrected chi connectivity index (χ4v) is 3.80. The first-order chi connectivity index (χ1) is 14.2. The predicted molar refractivity (Wildman–Crippen MR) is 126 cm³/mol. The maximum atomic E-state index is 5.84. The largest absolute Gasteiger partial charge is 0.492 e. The fourth-order valence-electron chi connectivity index (χ4n) is 3.80. The van der Waals surface area contributed by atoms with Crippen LogP contribution in [0.25, 0.3) is 0 Å². The Morgan fingerprint density at radius 3 is 3.00 bits per heavy atom. The second-order valence-electron chi connectivity index (χ2n) is 7.39. The van der Waals surface area contributed by atoms with Crippen molar-refractivity contribution in [3.05, 3.63) is 36.9 Å². The van der Waals surface area contributed by atoms with Crippen molar-refractivity contribution in [3.63, 3.8) is 0 Å². The van der Waals surface area contributed by atoms with Gasteiger partial charge in [-0.1, -0.05) is 6.92 Å². The molecule has 2 aliphatic heterocycles. The van der Waals surface area contributed by atoms with Crippen molar-refractivity contribution in [2.24, 2.45) is 10.9 Å². The van der Waals surface area contributed by atoms with E-state index in [9.17, 15) is 0 Å². The zero-order valence-electron chi connectivity index (χ0n) is 17.5. The molecule has 1 N–H and O–H groups in total. The summed E-state index contributed by atoms with van der Waals surface area (Å²) in [6.07, 6.45) is 6.93. The minimum atomic E-state index is 0. The lowest BCUT2D eigenvalue weighted by molar-refractivity contribution is 0.173. The zero-order valence-corrected chi connectivity index (χ0v) is 19.8. The molecule has 30 heavy (non-hydrogen) atoms. The van der Waals surface area contributed by atoms with Crippen molar-refractivity contribution >= 4 is 29.9 Å². The van der Waals surface area contributed by atoms with E-state index in [1.807, 2.05) is 36.9 Å². The van der Waals surface area contributed by atoms with Crippen LogP contribution in [0.15, 0.2) is 41.9 Å². The summed E-state index contributed by atoms with van der Waals surface area (Å²) in [5.41, 5.74) is 0. The molecular formula is C21H30IN5O3. The van der Waals surface area contributed by atoms with E-state index in [-0.39, 0.29) is 30.8 Å². The van der Waals surface area contributed by atoms with Crippen LogP contribution in [0.4, 0.5) is 0 Å². The topological polar surface area (TPSA) is 73.1 Å². The monoisotopic (exact) mass is 527 g/mol. The third-order valence-corrected chi connectivity index (χ3v) is 5.43. The van der Waals surface area contributed by atoms with Crippen molar-refractivity contribution in [1.82, 2.24) is 19.8 Å². The summed E-state index contributed by atoms with van der Waals surface area (Å²) in [4.78, 5) is 11.3. The number of fused-ring (bicyclic) bond motifs is 1. The Morgan fingerprint density at radius 2 is 2.20 bits per heavy atom. The van der Waals surface area contributed by atoms with Crippen molar-refractivity contribution < 1.29 is 14.2 Å². The quantitative estimate of drug-likeness (QED) is 0.270. The number of imidazole rings is 1. The fraction of sp³-hybridized carbons (Fsp3) is 0.524. The van der Waals surface area contributed by atoms with E-state index >= 15 is 0 Å². The van der Waals surface area contributed by atoms with Gasteiger partial charge in [-0.2, -0.15) is 0 Å². The van der Waals surface area contributed by atoms with Crippen molar-refractivity contribution in [2.45, 2.75) is 26.3 Å². The number of halogens is 1. The lowest BCUT2D eigenvalue weighted by Crippen LogP contribution is -2.49. The molecule has 4 rings (SSSR count). The van der Waals surface area contributed by atoms with E-state index in [1.165, 1.54) is 0 Å². The molecule has 0 saturated carbocycles. The Morgan fingerprint density at radius 1 is 1.33 bits per heavy atom. The Bertz CT molecular complexity index is 830. The number of nitrogens with one attached hydrogen (secondary N) is 1. The van der Waals surface area contributed by atoms with Gasteiger partial charge in [0.25, 0.3) is 0 Å². The van der Waals surface area contributed by atoms with Crippen LogP contribution in [0, 0.1) is 5.92 Å². The van der Waals surface area contributed by atoms with Gasteiger partial charge in [0, 0.05) is 38.1 Å². The highest BCUT2D eigenvalue weighted by Crippen LogP contribution is 2.35. The van der Waals surface area contributed by atoms with Crippen molar-refractivity contribution in [2.75, 3.05) is 39.6 Å². The number of benzene rings is 1. The minimum Gasteiger partial charge on any atom is -0.492 e. The molecule has 2 aromatic rings. The summed E-state index contributed by atoms with van der Waals surface area (Å²) in [7, 11) is 0. The van der Waals surface area contributed by atoms with Gasteiger partial charge in [-0.15, -0.1) is 24.0 Å². The number of ether oxygens (including phenoxy) is 3. The summed E-state index contributed by atoms with van der Waals surface area (Å²) >= 11 is 0. The molecule has 2 unspecified atom stereocenters. The Labute approximate surface area is 194 Å². The van der Waals surface area contributed by atoms with E-state index in [4.69, 9.17) is 19.2 Å². The Balaban J connectivity index is 0.00000256. The molecule has 0 amide bonds. The molecule has 1 aromatic carbocycles. The Hall–Kier alpha value is -2.17. The van der Waals surface area contributed by atoms with Crippen LogP contribution < -0.4 is 19.5 Å². The number of likely N-dealkylation sites (tertiary alicyclic amines) is 1. The molecule has 0 bridgehead atoms. The van der Waals surface area contributed by atoms with Crippen LogP contribution >= 0.6 is 24.0 Å². The summed E-state index contributed by atoms with van der Waals surface area (Å²) in [5, 5.41) is 3.42. The van der Waals surface area contributed by atoms with Crippen LogP contribution in [-0.2, 0) is 0 Å². The second kappa shape index (κ2) is 10.7. The molecule has 8 nitrogen and oxygen atoms in total. The summed E-state index contributed by atoms with van der Waals surface area (Å²) < 4.78 is 18.8. The Kier molecular flexibility index (Phi) is 8.06. The zero-order chi connectivity index (χ0) is 20.1. The van der Waals surface area contributed by atoms with E-state index in [1.54, 1.807) is 0 Å². The summed E-state index contributed by atoms with van der Waals surface area (Å²) in [6, 6.07) is 6.03. The van der Waals surface area contributed by atoms with Gasteiger partial charge in [-0.3, -0.25) is 0 Å². The van der Waals surface area contributed by atoms with Crippen molar-refractivity contribution in [1.29, 1.82) is 0 Å². The first-order valence-corrected chi connectivity index (χ1v) is 10.3. The average Bonchev–Trinajstić information content (AvgIpc) is 3.42. The highest BCUT2D eigenvalue weighted by molar-refractivity contribution is 14.0. The van der Waals surface area contributed by atoms with Gasteiger partial charge in [-0.05, 0) is 31.4 Å². The lowest BCUT2D eigenvalue weighted by atomic mass is 9.93. The number of rotatable bonds is 6. The molecule has 1 aromatic heterocycles. The third kappa shape index (κ3) is 5.30. The number of aromatic nitrogens is 2. The SMILES string of the molecule is CCNC(=NCCOc1ccc2c(c1)OCO2)N1CCC(C)C(n2ccnc2)C1.I. The van der Waals surface area contributed by atoms with E-state index in [0.717, 1.165) is 49.3 Å². The average molecular weight is 527 g/mol. The van der Waals surface area contributed by atoms with Crippen LogP contribution in [-0.4, -0.2) is 60.0 Å². The molecule has 164 valence electrons. The van der Waals surface area contributed by atoms with Crippen LogP contribution in [0.5, 0.6) is 17.2 Å². The molecule has 0 aliphatic carbocycles. The minimum absolute atomic E-state index is 0. The maximum Gasteiger partial charge on any atom is 0.231 e. The van der Waals surface area contributed by atoms with E-state index < -0.39 is 0 Å². The standard InChI is InChI=1S/C21H29N5O3.HI/c1-3-23-21(25-9-6-16(2)18(13-25)26-10-7-22-14-26)24-8-11-27-17-4-5-19-20(12-17)29-15-28-19;/h4-5,7,10,12,14,16,18H,3,6,8-9,11,13,15H2,1-2H3,(H,23,24);1H. The third-order valence-electron chi connectivity index (χ3n) is 5.43. The molecule has 3 heterocycles. The van der Waals surface area contributed by atoms with Gasteiger partial charge in [0.05, 0.1) is 18.9 Å². The molecule has 0 radical (unpaired) electrons.